The molecule has 1 amide bonds. The minimum absolute atomic E-state index is 0.00451. The summed E-state index contributed by atoms with van der Waals surface area (Å²) in [6.07, 6.45) is 3.99. The number of nitro groups is 1. The molecule has 0 radical (unpaired) electrons. The lowest BCUT2D eigenvalue weighted by atomic mass is 10.1. The van der Waals surface area contributed by atoms with Crippen LogP contribution in [0.4, 0.5) is 5.69 Å². The van der Waals surface area contributed by atoms with Gasteiger partial charge in [0.2, 0.25) is 5.91 Å². The highest BCUT2D eigenvalue weighted by atomic mass is 16.6. The van der Waals surface area contributed by atoms with Crippen LogP contribution in [-0.2, 0) is 4.79 Å². The summed E-state index contributed by atoms with van der Waals surface area (Å²) in [7, 11) is 1.47. The van der Waals surface area contributed by atoms with Gasteiger partial charge in [-0.3, -0.25) is 14.9 Å². The molecular formula is C13H16N2O4. The Kier molecular flexibility index (Phi) is 5.53. The maximum Gasteiger partial charge on any atom is 0.280 e. The van der Waals surface area contributed by atoms with E-state index in [9.17, 15) is 14.9 Å². The van der Waals surface area contributed by atoms with Crippen LogP contribution in [0.5, 0.6) is 5.75 Å². The molecule has 0 aliphatic rings. The minimum atomic E-state index is -0.448. The van der Waals surface area contributed by atoms with Gasteiger partial charge in [-0.25, -0.2) is 0 Å². The molecule has 1 aromatic rings. The normalized spacial score (nSPS) is 10.4. The molecule has 0 unspecified atom stereocenters. The first-order chi connectivity index (χ1) is 9.06. The predicted molar refractivity (Wildman–Crippen MR) is 72.0 cm³/mol. The van der Waals surface area contributed by atoms with Crippen LogP contribution in [0.3, 0.4) is 0 Å². The van der Waals surface area contributed by atoms with Crippen LogP contribution in [0.1, 0.15) is 18.9 Å². The average molecular weight is 264 g/mol. The van der Waals surface area contributed by atoms with E-state index in [-0.39, 0.29) is 11.6 Å². The smallest absolute Gasteiger partial charge is 0.280 e. The zero-order valence-corrected chi connectivity index (χ0v) is 10.9. The number of benzene rings is 1. The fourth-order valence-corrected chi connectivity index (χ4v) is 1.57. The molecule has 102 valence electrons. The van der Waals surface area contributed by atoms with E-state index in [2.05, 4.69) is 5.32 Å². The third-order valence-corrected chi connectivity index (χ3v) is 2.43. The van der Waals surface area contributed by atoms with E-state index >= 15 is 0 Å². The summed E-state index contributed by atoms with van der Waals surface area (Å²) in [5.74, 6) is 0.349. The molecule has 0 heterocycles. The first kappa shape index (κ1) is 14.7. The molecule has 0 saturated heterocycles. The van der Waals surface area contributed by atoms with Crippen LogP contribution in [0, 0.1) is 10.1 Å². The fraction of sp³-hybridized carbons (Fsp3) is 0.308. The largest absolute Gasteiger partial charge is 0.496 e. The topological polar surface area (TPSA) is 81.5 Å². The van der Waals surface area contributed by atoms with Gasteiger partial charge in [0.15, 0.2) is 0 Å². The highest BCUT2D eigenvalue weighted by Crippen LogP contribution is 2.29. The van der Waals surface area contributed by atoms with E-state index in [4.69, 9.17) is 4.74 Å². The number of rotatable bonds is 6. The number of carbonyl (C=O) groups is 1. The molecule has 6 heteroatoms. The van der Waals surface area contributed by atoms with E-state index in [1.807, 2.05) is 0 Å². The van der Waals surface area contributed by atoms with Gasteiger partial charge in [-0.1, -0.05) is 12.1 Å². The van der Waals surface area contributed by atoms with Gasteiger partial charge >= 0.3 is 0 Å². The van der Waals surface area contributed by atoms with Crippen LogP contribution in [0.25, 0.3) is 6.08 Å². The number of hydrogen-bond donors (Lipinski definition) is 1. The molecule has 0 fully saturated rings. The number of methoxy groups -OCH3 is 1. The molecule has 0 saturated carbocycles. The third kappa shape index (κ3) is 4.42. The van der Waals surface area contributed by atoms with Gasteiger partial charge in [0.1, 0.15) is 5.75 Å². The molecule has 19 heavy (non-hydrogen) atoms. The molecule has 6 nitrogen and oxygen atoms in total. The number of ether oxygens (including phenoxy) is 1. The summed E-state index contributed by atoms with van der Waals surface area (Å²) < 4.78 is 5.11. The van der Waals surface area contributed by atoms with Crippen LogP contribution in [-0.4, -0.2) is 24.5 Å². The van der Waals surface area contributed by atoms with Gasteiger partial charge in [0, 0.05) is 19.5 Å². The molecule has 1 N–H and O–H groups in total. The second-order valence-electron chi connectivity index (χ2n) is 3.82. The zero-order valence-electron chi connectivity index (χ0n) is 10.9. The Hall–Kier alpha value is -2.37. The molecule has 0 bridgehead atoms. The molecule has 0 spiro atoms. The standard InChI is InChI=1S/C13H16N2O4/c1-10(16)14-9-4-3-6-11-12(15(17)18)7-5-8-13(11)19-2/h3,5-8H,4,9H2,1-2H3,(H,14,16). The first-order valence-electron chi connectivity index (χ1n) is 5.78. The lowest BCUT2D eigenvalue weighted by molar-refractivity contribution is -0.385. The number of nitrogens with zero attached hydrogens (tertiary/aromatic N) is 1. The van der Waals surface area contributed by atoms with Crippen LogP contribution >= 0.6 is 0 Å². The molecule has 1 rings (SSSR count). The molecule has 1 aromatic carbocycles. The number of carbonyl (C=O) groups excluding carboxylic acids is 1. The van der Waals surface area contributed by atoms with Crippen molar-refractivity contribution in [2.24, 2.45) is 0 Å². The van der Waals surface area contributed by atoms with Gasteiger partial charge < -0.3 is 10.1 Å². The maximum absolute atomic E-state index is 10.9. The molecule has 0 aliphatic heterocycles. The Labute approximate surface area is 111 Å². The molecular weight excluding hydrogens is 248 g/mol. The number of nitrogens with one attached hydrogen (secondary N) is 1. The minimum Gasteiger partial charge on any atom is -0.496 e. The Morgan fingerprint density at radius 2 is 2.26 bits per heavy atom. The van der Waals surface area contributed by atoms with Crippen LogP contribution in [0.2, 0.25) is 0 Å². The first-order valence-corrected chi connectivity index (χ1v) is 5.78. The van der Waals surface area contributed by atoms with E-state index in [1.54, 1.807) is 24.3 Å². The summed E-state index contributed by atoms with van der Waals surface area (Å²) >= 11 is 0. The van der Waals surface area contributed by atoms with Crippen molar-refractivity contribution in [1.82, 2.24) is 5.32 Å². The fourth-order valence-electron chi connectivity index (χ4n) is 1.57. The Morgan fingerprint density at radius 1 is 1.53 bits per heavy atom. The highest BCUT2D eigenvalue weighted by Gasteiger charge is 2.15. The molecule has 0 aromatic heterocycles. The Morgan fingerprint density at radius 3 is 2.84 bits per heavy atom. The lowest BCUT2D eigenvalue weighted by Crippen LogP contribution is -2.20. The summed E-state index contributed by atoms with van der Waals surface area (Å²) in [6, 6.07) is 4.67. The van der Waals surface area contributed by atoms with Gasteiger partial charge in [-0.15, -0.1) is 0 Å². The van der Waals surface area contributed by atoms with E-state index in [0.717, 1.165) is 0 Å². The summed E-state index contributed by atoms with van der Waals surface area (Å²) in [5.41, 5.74) is 0.424. The second-order valence-corrected chi connectivity index (χ2v) is 3.82. The van der Waals surface area contributed by atoms with Crippen molar-refractivity contribution < 1.29 is 14.5 Å². The molecule has 0 aliphatic carbocycles. The monoisotopic (exact) mass is 264 g/mol. The van der Waals surface area contributed by atoms with E-state index < -0.39 is 4.92 Å². The number of amides is 1. The lowest BCUT2D eigenvalue weighted by Gasteiger charge is -2.05. The Bertz CT molecular complexity index is 497. The van der Waals surface area contributed by atoms with Crippen molar-refractivity contribution in [2.45, 2.75) is 13.3 Å². The second kappa shape index (κ2) is 7.15. The van der Waals surface area contributed by atoms with Gasteiger partial charge in [-0.2, -0.15) is 0 Å². The van der Waals surface area contributed by atoms with Crippen molar-refractivity contribution in [1.29, 1.82) is 0 Å². The van der Waals surface area contributed by atoms with Crippen molar-refractivity contribution in [3.8, 4) is 5.75 Å². The van der Waals surface area contributed by atoms with Crippen molar-refractivity contribution in [2.75, 3.05) is 13.7 Å². The third-order valence-electron chi connectivity index (χ3n) is 2.43. The van der Waals surface area contributed by atoms with Crippen molar-refractivity contribution in [3.63, 3.8) is 0 Å². The van der Waals surface area contributed by atoms with Crippen molar-refractivity contribution in [3.05, 3.63) is 40.0 Å². The Balaban J connectivity index is 2.83. The van der Waals surface area contributed by atoms with Gasteiger partial charge in [0.25, 0.3) is 5.69 Å². The molecule has 0 atom stereocenters. The van der Waals surface area contributed by atoms with Crippen LogP contribution < -0.4 is 10.1 Å². The summed E-state index contributed by atoms with van der Waals surface area (Å²) in [5, 5.41) is 13.6. The van der Waals surface area contributed by atoms with E-state index in [0.29, 0.717) is 24.3 Å². The van der Waals surface area contributed by atoms with E-state index in [1.165, 1.54) is 20.1 Å². The van der Waals surface area contributed by atoms with Gasteiger partial charge in [-0.05, 0) is 18.6 Å². The average Bonchev–Trinajstić information content (AvgIpc) is 2.37. The number of hydrogen-bond acceptors (Lipinski definition) is 4. The zero-order chi connectivity index (χ0) is 14.3. The summed E-state index contributed by atoms with van der Waals surface area (Å²) in [4.78, 5) is 21.2. The maximum atomic E-state index is 10.9. The SMILES string of the molecule is COc1cccc([N+](=O)[O-])c1C=CCCNC(C)=O. The summed E-state index contributed by atoms with van der Waals surface area (Å²) in [6.45, 7) is 1.93. The van der Waals surface area contributed by atoms with Gasteiger partial charge in [0.05, 0.1) is 17.6 Å². The predicted octanol–water partition coefficient (Wildman–Crippen LogP) is 2.14. The quantitative estimate of drug-likeness (QED) is 0.485. The van der Waals surface area contributed by atoms with Crippen LogP contribution in [0.15, 0.2) is 24.3 Å². The number of nitro benzene ring substituents is 1. The highest BCUT2D eigenvalue weighted by molar-refractivity contribution is 5.72. The van der Waals surface area contributed by atoms with Crippen molar-refractivity contribution >= 4 is 17.7 Å².